The summed E-state index contributed by atoms with van der Waals surface area (Å²) in [7, 11) is 0. The van der Waals surface area contributed by atoms with Gasteiger partial charge in [-0.2, -0.15) is 5.10 Å². The minimum Gasteiger partial charge on any atom is -0.465 e. The molecular formula is C13H22BrN3O2. The number of nitrogens with one attached hydrogen (secondary N) is 1. The zero-order valence-corrected chi connectivity index (χ0v) is 13.6. The van der Waals surface area contributed by atoms with Crippen molar-refractivity contribution >= 4 is 21.9 Å². The Labute approximate surface area is 122 Å². The molecule has 1 aromatic heterocycles. The van der Waals surface area contributed by atoms with E-state index in [1.165, 1.54) is 0 Å². The second kappa shape index (κ2) is 7.65. The lowest BCUT2D eigenvalue weighted by Crippen LogP contribution is -2.42. The molecule has 0 fully saturated rings. The smallest absolute Gasteiger partial charge is 0.325 e. The monoisotopic (exact) mass is 331 g/mol. The van der Waals surface area contributed by atoms with Gasteiger partial charge in [-0.25, -0.2) is 0 Å². The minimum absolute atomic E-state index is 0.223. The summed E-state index contributed by atoms with van der Waals surface area (Å²) in [4.78, 5) is 11.9. The van der Waals surface area contributed by atoms with Gasteiger partial charge in [-0.05, 0) is 49.7 Å². The van der Waals surface area contributed by atoms with E-state index in [2.05, 4.69) is 33.3 Å². The number of aryl methyl sites for hydroxylation is 1. The summed E-state index contributed by atoms with van der Waals surface area (Å²) in [6, 6.07) is -0.357. The van der Waals surface area contributed by atoms with Gasteiger partial charge in [0.1, 0.15) is 6.04 Å². The van der Waals surface area contributed by atoms with Crippen LogP contribution in [0.15, 0.2) is 4.47 Å². The molecule has 0 aliphatic rings. The average Bonchev–Trinajstić information content (AvgIpc) is 2.62. The molecule has 19 heavy (non-hydrogen) atoms. The first-order chi connectivity index (χ1) is 9.01. The standard InChI is InChI=1S/C13H22BrN3O2/c1-5-7-15-11(13(18)19-6-2)8-17-10(4)12(14)9(3)16-17/h11,15H,5-8H2,1-4H3. The number of carbonyl (C=O) groups is 1. The van der Waals surface area contributed by atoms with Gasteiger partial charge in [0.2, 0.25) is 0 Å². The Morgan fingerprint density at radius 1 is 1.47 bits per heavy atom. The third-order valence-electron chi connectivity index (χ3n) is 2.86. The first-order valence-electron chi connectivity index (χ1n) is 6.60. The molecule has 0 saturated carbocycles. The molecule has 0 bridgehead atoms. The highest BCUT2D eigenvalue weighted by molar-refractivity contribution is 9.10. The molecule has 1 aromatic rings. The van der Waals surface area contributed by atoms with Crippen molar-refractivity contribution in [2.45, 2.75) is 46.7 Å². The van der Waals surface area contributed by atoms with E-state index < -0.39 is 0 Å². The number of aromatic nitrogens is 2. The summed E-state index contributed by atoms with van der Waals surface area (Å²) in [5.41, 5.74) is 1.95. The molecule has 1 atom stereocenters. The van der Waals surface area contributed by atoms with Crippen LogP contribution in [0.3, 0.4) is 0 Å². The molecule has 0 amide bonds. The first-order valence-corrected chi connectivity index (χ1v) is 7.40. The second-order valence-corrected chi connectivity index (χ2v) is 5.22. The fourth-order valence-electron chi connectivity index (χ4n) is 1.81. The Kier molecular flexibility index (Phi) is 6.51. The second-order valence-electron chi connectivity index (χ2n) is 4.43. The van der Waals surface area contributed by atoms with Gasteiger partial charge in [-0.15, -0.1) is 0 Å². The quantitative estimate of drug-likeness (QED) is 0.778. The number of rotatable bonds is 7. The van der Waals surface area contributed by atoms with Crippen LogP contribution in [0.2, 0.25) is 0 Å². The lowest BCUT2D eigenvalue weighted by Gasteiger charge is -2.17. The Morgan fingerprint density at radius 3 is 2.63 bits per heavy atom. The molecule has 0 saturated heterocycles. The van der Waals surface area contributed by atoms with Crippen molar-refractivity contribution in [2.75, 3.05) is 13.2 Å². The zero-order chi connectivity index (χ0) is 14.4. The molecular weight excluding hydrogens is 310 g/mol. The summed E-state index contributed by atoms with van der Waals surface area (Å²) in [6.07, 6.45) is 0.969. The molecule has 1 heterocycles. The predicted molar refractivity (Wildman–Crippen MR) is 78.1 cm³/mol. The number of hydrogen-bond donors (Lipinski definition) is 1. The molecule has 0 radical (unpaired) electrons. The Balaban J connectivity index is 2.81. The zero-order valence-electron chi connectivity index (χ0n) is 12.0. The van der Waals surface area contributed by atoms with Gasteiger partial charge in [0.15, 0.2) is 0 Å². The lowest BCUT2D eigenvalue weighted by atomic mass is 10.2. The van der Waals surface area contributed by atoms with Gasteiger partial charge in [-0.3, -0.25) is 9.48 Å². The average molecular weight is 332 g/mol. The van der Waals surface area contributed by atoms with E-state index in [1.807, 2.05) is 25.5 Å². The van der Waals surface area contributed by atoms with Gasteiger partial charge in [0, 0.05) is 5.69 Å². The van der Waals surface area contributed by atoms with Crippen LogP contribution in [-0.4, -0.2) is 34.9 Å². The largest absolute Gasteiger partial charge is 0.465 e. The first kappa shape index (κ1) is 16.2. The van der Waals surface area contributed by atoms with Gasteiger partial charge in [0.25, 0.3) is 0 Å². The molecule has 1 unspecified atom stereocenters. The maximum Gasteiger partial charge on any atom is 0.325 e. The van der Waals surface area contributed by atoms with E-state index in [-0.39, 0.29) is 12.0 Å². The number of halogens is 1. The lowest BCUT2D eigenvalue weighted by molar-refractivity contribution is -0.146. The number of carbonyl (C=O) groups excluding carboxylic acids is 1. The van der Waals surface area contributed by atoms with E-state index in [1.54, 1.807) is 0 Å². The molecule has 5 nitrogen and oxygen atoms in total. The van der Waals surface area contributed by atoms with Gasteiger partial charge in [0.05, 0.1) is 23.3 Å². The third kappa shape index (κ3) is 4.31. The van der Waals surface area contributed by atoms with Crippen LogP contribution in [0.25, 0.3) is 0 Å². The van der Waals surface area contributed by atoms with Crippen LogP contribution in [0.5, 0.6) is 0 Å². The molecule has 1 rings (SSSR count). The maximum absolute atomic E-state index is 11.9. The maximum atomic E-state index is 11.9. The number of nitrogens with zero attached hydrogens (tertiary/aromatic N) is 2. The van der Waals surface area contributed by atoms with Crippen LogP contribution in [0.4, 0.5) is 0 Å². The van der Waals surface area contributed by atoms with Crippen molar-refractivity contribution in [3.05, 3.63) is 15.9 Å². The van der Waals surface area contributed by atoms with Crippen LogP contribution >= 0.6 is 15.9 Å². The van der Waals surface area contributed by atoms with Crippen LogP contribution in [-0.2, 0) is 16.1 Å². The van der Waals surface area contributed by atoms with Gasteiger partial charge < -0.3 is 10.1 Å². The highest BCUT2D eigenvalue weighted by Crippen LogP contribution is 2.19. The van der Waals surface area contributed by atoms with Crippen molar-refractivity contribution in [3.8, 4) is 0 Å². The summed E-state index contributed by atoms with van der Waals surface area (Å²) < 4.78 is 7.92. The molecule has 0 aliphatic carbocycles. The van der Waals surface area contributed by atoms with Crippen molar-refractivity contribution in [3.63, 3.8) is 0 Å². The van der Waals surface area contributed by atoms with Crippen molar-refractivity contribution < 1.29 is 9.53 Å². The number of ether oxygens (including phenoxy) is 1. The van der Waals surface area contributed by atoms with E-state index in [0.717, 1.165) is 28.8 Å². The Morgan fingerprint density at radius 2 is 2.16 bits per heavy atom. The predicted octanol–water partition coefficient (Wildman–Crippen LogP) is 2.19. The fourth-order valence-corrected chi connectivity index (χ4v) is 2.09. The van der Waals surface area contributed by atoms with Crippen LogP contribution < -0.4 is 5.32 Å². The molecule has 0 spiro atoms. The Bertz CT molecular complexity index is 432. The molecule has 108 valence electrons. The SMILES string of the molecule is CCCNC(Cn1nc(C)c(Br)c1C)C(=O)OCC. The van der Waals surface area contributed by atoms with Gasteiger partial charge >= 0.3 is 5.97 Å². The highest BCUT2D eigenvalue weighted by atomic mass is 79.9. The summed E-state index contributed by atoms with van der Waals surface area (Å²) in [5, 5.41) is 7.63. The van der Waals surface area contributed by atoms with Crippen LogP contribution in [0.1, 0.15) is 31.7 Å². The normalized spacial score (nSPS) is 12.5. The molecule has 0 aromatic carbocycles. The van der Waals surface area contributed by atoms with Crippen molar-refractivity contribution in [1.82, 2.24) is 15.1 Å². The molecule has 0 aliphatic heterocycles. The molecule has 6 heteroatoms. The summed E-state index contributed by atoms with van der Waals surface area (Å²) in [5.74, 6) is -0.223. The number of esters is 1. The van der Waals surface area contributed by atoms with Crippen molar-refractivity contribution in [2.24, 2.45) is 0 Å². The molecule has 1 N–H and O–H groups in total. The fraction of sp³-hybridized carbons (Fsp3) is 0.692. The van der Waals surface area contributed by atoms with E-state index >= 15 is 0 Å². The number of hydrogen-bond acceptors (Lipinski definition) is 4. The van der Waals surface area contributed by atoms with Gasteiger partial charge in [-0.1, -0.05) is 6.92 Å². The van der Waals surface area contributed by atoms with Crippen LogP contribution in [0, 0.1) is 13.8 Å². The Hall–Kier alpha value is -0.880. The third-order valence-corrected chi connectivity index (χ3v) is 4.01. The van der Waals surface area contributed by atoms with E-state index in [9.17, 15) is 4.79 Å². The minimum atomic E-state index is -0.357. The van der Waals surface area contributed by atoms with E-state index in [4.69, 9.17) is 4.74 Å². The summed E-state index contributed by atoms with van der Waals surface area (Å²) >= 11 is 3.49. The topological polar surface area (TPSA) is 56.2 Å². The van der Waals surface area contributed by atoms with Crippen molar-refractivity contribution in [1.29, 1.82) is 0 Å². The van der Waals surface area contributed by atoms with E-state index in [0.29, 0.717) is 13.2 Å². The highest BCUT2D eigenvalue weighted by Gasteiger charge is 2.21. The summed E-state index contributed by atoms with van der Waals surface area (Å²) in [6.45, 7) is 9.45.